The molecule has 0 aliphatic rings. The summed E-state index contributed by atoms with van der Waals surface area (Å²) in [5, 5.41) is 7.10. The van der Waals surface area contributed by atoms with Crippen molar-refractivity contribution in [2.45, 2.75) is 13.1 Å². The zero-order chi connectivity index (χ0) is 21.5. The second-order valence-corrected chi connectivity index (χ2v) is 6.97. The zero-order valence-corrected chi connectivity index (χ0v) is 16.3. The van der Waals surface area contributed by atoms with E-state index in [0.717, 1.165) is 4.68 Å². The van der Waals surface area contributed by atoms with Crippen LogP contribution in [0.15, 0.2) is 60.7 Å². The van der Waals surface area contributed by atoms with Crippen molar-refractivity contribution in [2.24, 2.45) is 0 Å². The second kappa shape index (κ2) is 7.46. The first-order valence-corrected chi connectivity index (χ1v) is 9.22. The van der Waals surface area contributed by atoms with E-state index < -0.39 is 17.8 Å². The van der Waals surface area contributed by atoms with Gasteiger partial charge in [0.25, 0.3) is 5.91 Å². The van der Waals surface area contributed by atoms with Crippen LogP contribution in [-0.2, 0) is 6.18 Å². The van der Waals surface area contributed by atoms with Gasteiger partial charge in [-0.25, -0.2) is 4.68 Å². The lowest BCUT2D eigenvalue weighted by Gasteiger charge is -2.12. The molecule has 30 heavy (non-hydrogen) atoms. The van der Waals surface area contributed by atoms with Gasteiger partial charge in [-0.15, -0.1) is 0 Å². The highest BCUT2D eigenvalue weighted by Gasteiger charge is 2.36. The van der Waals surface area contributed by atoms with Crippen molar-refractivity contribution >= 4 is 34.1 Å². The normalized spacial score (nSPS) is 11.6. The molecule has 0 bridgehead atoms. The molecular weight excluding hydrogens is 417 g/mol. The standard InChI is InChI=1S/C21H14ClF3N4O/c1-12-10-16(13-6-2-4-8-15(13)26-12)27-20(30)18-11-19(21(23,24)25)28-29(18)17-9-5-3-7-14(17)22/h2-11H,1H3,(H,26,27,30). The lowest BCUT2D eigenvalue weighted by atomic mass is 10.1. The number of halogens is 4. The number of pyridine rings is 1. The molecule has 4 aromatic rings. The van der Waals surface area contributed by atoms with E-state index >= 15 is 0 Å². The largest absolute Gasteiger partial charge is 0.435 e. The van der Waals surface area contributed by atoms with Gasteiger partial charge in [-0.3, -0.25) is 9.78 Å². The number of alkyl halides is 3. The molecule has 2 aromatic heterocycles. The summed E-state index contributed by atoms with van der Waals surface area (Å²) >= 11 is 6.14. The van der Waals surface area contributed by atoms with E-state index in [4.69, 9.17) is 11.6 Å². The minimum Gasteiger partial charge on any atom is -0.320 e. The number of para-hydroxylation sites is 2. The van der Waals surface area contributed by atoms with E-state index in [-0.39, 0.29) is 16.4 Å². The summed E-state index contributed by atoms with van der Waals surface area (Å²) in [6, 6.07) is 15.7. The fourth-order valence-electron chi connectivity index (χ4n) is 3.09. The van der Waals surface area contributed by atoms with Gasteiger partial charge < -0.3 is 5.32 Å². The molecule has 5 nitrogen and oxygen atoms in total. The molecule has 1 N–H and O–H groups in total. The van der Waals surface area contributed by atoms with Gasteiger partial charge in [0.1, 0.15) is 5.69 Å². The molecule has 152 valence electrons. The lowest BCUT2D eigenvalue weighted by molar-refractivity contribution is -0.141. The molecule has 0 saturated carbocycles. The molecule has 0 aliphatic heterocycles. The molecule has 2 heterocycles. The molecule has 0 unspecified atom stereocenters. The lowest BCUT2D eigenvalue weighted by Crippen LogP contribution is -2.17. The van der Waals surface area contributed by atoms with Gasteiger partial charge in [0.15, 0.2) is 5.69 Å². The summed E-state index contributed by atoms with van der Waals surface area (Å²) in [7, 11) is 0. The Morgan fingerprint density at radius 1 is 1.07 bits per heavy atom. The number of rotatable bonds is 3. The van der Waals surface area contributed by atoms with Crippen molar-refractivity contribution in [1.82, 2.24) is 14.8 Å². The summed E-state index contributed by atoms with van der Waals surface area (Å²) in [5.74, 6) is -0.756. The zero-order valence-electron chi connectivity index (χ0n) is 15.5. The number of anilines is 1. The molecule has 0 saturated heterocycles. The van der Waals surface area contributed by atoms with Gasteiger partial charge in [0.2, 0.25) is 0 Å². The minimum atomic E-state index is -4.72. The molecule has 9 heteroatoms. The van der Waals surface area contributed by atoms with Crippen LogP contribution in [0.2, 0.25) is 5.02 Å². The maximum atomic E-state index is 13.3. The number of carbonyl (C=O) groups is 1. The number of hydrogen-bond acceptors (Lipinski definition) is 3. The van der Waals surface area contributed by atoms with Crippen molar-refractivity contribution in [2.75, 3.05) is 5.32 Å². The number of amides is 1. The van der Waals surface area contributed by atoms with E-state index in [9.17, 15) is 18.0 Å². The van der Waals surface area contributed by atoms with Crippen LogP contribution in [0.3, 0.4) is 0 Å². The minimum absolute atomic E-state index is 0.161. The van der Waals surface area contributed by atoms with Gasteiger partial charge in [0, 0.05) is 17.1 Å². The van der Waals surface area contributed by atoms with Crippen molar-refractivity contribution in [3.05, 3.63) is 82.8 Å². The average molecular weight is 431 g/mol. The van der Waals surface area contributed by atoms with Gasteiger partial charge in [-0.05, 0) is 31.2 Å². The van der Waals surface area contributed by atoms with E-state index in [1.165, 1.54) is 12.1 Å². The summed E-state index contributed by atoms with van der Waals surface area (Å²) < 4.78 is 40.8. The number of aryl methyl sites for hydroxylation is 1. The molecule has 2 aromatic carbocycles. The Balaban J connectivity index is 1.82. The number of fused-ring (bicyclic) bond motifs is 1. The van der Waals surface area contributed by atoms with Crippen LogP contribution in [0.1, 0.15) is 21.9 Å². The van der Waals surface area contributed by atoms with Gasteiger partial charge >= 0.3 is 6.18 Å². The smallest absolute Gasteiger partial charge is 0.320 e. The van der Waals surface area contributed by atoms with Crippen LogP contribution in [0.5, 0.6) is 0 Å². The summed E-state index contributed by atoms with van der Waals surface area (Å²) in [5.41, 5.74) is 0.416. The first-order valence-electron chi connectivity index (χ1n) is 8.84. The molecule has 0 atom stereocenters. The fraction of sp³-hybridized carbons (Fsp3) is 0.0952. The van der Waals surface area contributed by atoms with Crippen LogP contribution in [-0.4, -0.2) is 20.7 Å². The Bertz CT molecular complexity index is 1270. The molecule has 0 radical (unpaired) electrons. The van der Waals surface area contributed by atoms with Gasteiger partial charge in [-0.1, -0.05) is 41.9 Å². The van der Waals surface area contributed by atoms with E-state index in [2.05, 4.69) is 15.4 Å². The van der Waals surface area contributed by atoms with Crippen LogP contribution < -0.4 is 5.32 Å². The summed E-state index contributed by atoms with van der Waals surface area (Å²) in [6.45, 7) is 1.76. The highest BCUT2D eigenvalue weighted by atomic mass is 35.5. The third kappa shape index (κ3) is 3.73. The third-order valence-electron chi connectivity index (χ3n) is 4.41. The Morgan fingerprint density at radius 2 is 1.77 bits per heavy atom. The topological polar surface area (TPSA) is 59.8 Å². The number of nitrogens with zero attached hydrogens (tertiary/aromatic N) is 3. The van der Waals surface area contributed by atoms with Crippen LogP contribution in [0, 0.1) is 6.92 Å². The Labute approximate surface area is 174 Å². The molecule has 0 fully saturated rings. The van der Waals surface area contributed by atoms with Crippen LogP contribution >= 0.6 is 11.6 Å². The molecule has 0 spiro atoms. The maximum absolute atomic E-state index is 13.3. The van der Waals surface area contributed by atoms with Crippen molar-refractivity contribution in [3.63, 3.8) is 0 Å². The molecule has 1 amide bonds. The number of nitrogens with one attached hydrogen (secondary N) is 1. The number of aromatic nitrogens is 3. The summed E-state index contributed by atoms with van der Waals surface area (Å²) in [6.07, 6.45) is -4.72. The summed E-state index contributed by atoms with van der Waals surface area (Å²) in [4.78, 5) is 17.4. The first-order chi connectivity index (χ1) is 14.2. The molecular formula is C21H14ClF3N4O. The number of carbonyl (C=O) groups excluding carboxylic acids is 1. The SMILES string of the molecule is Cc1cc(NC(=O)c2cc(C(F)(F)F)nn2-c2ccccc2Cl)c2ccccc2n1. The Kier molecular flexibility index (Phi) is 4.95. The predicted molar refractivity (Wildman–Crippen MR) is 108 cm³/mol. The predicted octanol–water partition coefficient (Wildman–Crippen LogP) is 5.65. The van der Waals surface area contributed by atoms with E-state index in [1.54, 1.807) is 43.3 Å². The number of benzene rings is 2. The molecule has 0 aliphatic carbocycles. The second-order valence-electron chi connectivity index (χ2n) is 6.56. The van der Waals surface area contributed by atoms with Crippen LogP contribution in [0.25, 0.3) is 16.6 Å². The molecule has 4 rings (SSSR count). The van der Waals surface area contributed by atoms with Gasteiger partial charge in [0.05, 0.1) is 21.9 Å². The van der Waals surface area contributed by atoms with E-state index in [1.807, 2.05) is 6.07 Å². The van der Waals surface area contributed by atoms with Gasteiger partial charge in [-0.2, -0.15) is 18.3 Å². The monoisotopic (exact) mass is 430 g/mol. The van der Waals surface area contributed by atoms with Crippen molar-refractivity contribution < 1.29 is 18.0 Å². The van der Waals surface area contributed by atoms with E-state index in [0.29, 0.717) is 28.4 Å². The highest BCUT2D eigenvalue weighted by Crippen LogP contribution is 2.31. The third-order valence-corrected chi connectivity index (χ3v) is 4.73. The Hall–Kier alpha value is -3.39. The highest BCUT2D eigenvalue weighted by molar-refractivity contribution is 6.32. The quantitative estimate of drug-likeness (QED) is 0.456. The number of hydrogen-bond donors (Lipinski definition) is 1. The van der Waals surface area contributed by atoms with Crippen molar-refractivity contribution in [1.29, 1.82) is 0 Å². The maximum Gasteiger partial charge on any atom is 0.435 e. The fourth-order valence-corrected chi connectivity index (χ4v) is 3.30. The van der Waals surface area contributed by atoms with Crippen molar-refractivity contribution in [3.8, 4) is 5.69 Å². The average Bonchev–Trinajstić information content (AvgIpc) is 3.14. The Morgan fingerprint density at radius 3 is 2.50 bits per heavy atom. The van der Waals surface area contributed by atoms with Crippen LogP contribution in [0.4, 0.5) is 18.9 Å². The first kappa shape index (κ1) is 19.9.